The summed E-state index contributed by atoms with van der Waals surface area (Å²) in [6, 6.07) is 7.18. The number of carbonyl (C=O) groups excluding carboxylic acids is 2. The van der Waals surface area contributed by atoms with Crippen molar-refractivity contribution in [3.63, 3.8) is 0 Å². The highest BCUT2D eigenvalue weighted by Gasteiger charge is 2.60. The minimum absolute atomic E-state index is 0.0379. The molecule has 0 radical (unpaired) electrons. The highest BCUT2D eigenvalue weighted by molar-refractivity contribution is 6.30. The van der Waals surface area contributed by atoms with Crippen LogP contribution in [-0.2, 0) is 14.3 Å². The molecule has 118 valence electrons. The molecule has 1 aromatic carbocycles. The lowest BCUT2D eigenvalue weighted by molar-refractivity contribution is -0.192. The first-order valence-electron chi connectivity index (χ1n) is 7.89. The molecule has 0 N–H and O–H groups in total. The SMILES string of the molecule is CC1(C)C(=O)C2(CCCCC2)C(=O)OC1c1ccc(Cl)cc1. The fourth-order valence-corrected chi connectivity index (χ4v) is 4.03. The van der Waals surface area contributed by atoms with Gasteiger partial charge >= 0.3 is 5.97 Å². The molecule has 2 fully saturated rings. The Hall–Kier alpha value is -1.35. The number of hydrogen-bond donors (Lipinski definition) is 0. The molecule has 1 atom stereocenters. The lowest BCUT2D eigenvalue weighted by atomic mass is 9.60. The zero-order chi connectivity index (χ0) is 16.0. The second-order valence-corrected chi connectivity index (χ2v) is 7.47. The van der Waals surface area contributed by atoms with Crippen LogP contribution in [0.5, 0.6) is 0 Å². The Kier molecular flexibility index (Phi) is 3.80. The van der Waals surface area contributed by atoms with Gasteiger partial charge in [-0.05, 0) is 44.4 Å². The second kappa shape index (κ2) is 5.38. The summed E-state index contributed by atoms with van der Waals surface area (Å²) in [6.07, 6.45) is 3.63. The van der Waals surface area contributed by atoms with Gasteiger partial charge in [0.15, 0.2) is 5.78 Å². The first-order valence-corrected chi connectivity index (χ1v) is 8.27. The van der Waals surface area contributed by atoms with Gasteiger partial charge < -0.3 is 4.74 Å². The van der Waals surface area contributed by atoms with Crippen LogP contribution in [0.3, 0.4) is 0 Å². The number of halogens is 1. The van der Waals surface area contributed by atoms with Crippen molar-refractivity contribution in [2.45, 2.75) is 52.1 Å². The predicted molar refractivity (Wildman–Crippen MR) is 84.6 cm³/mol. The predicted octanol–water partition coefficient (Wildman–Crippen LogP) is 4.48. The molecule has 4 heteroatoms. The van der Waals surface area contributed by atoms with Gasteiger partial charge in [0, 0.05) is 5.02 Å². The number of benzene rings is 1. The average molecular weight is 321 g/mol. The van der Waals surface area contributed by atoms with E-state index in [9.17, 15) is 9.59 Å². The van der Waals surface area contributed by atoms with E-state index in [1.165, 1.54) is 0 Å². The van der Waals surface area contributed by atoms with E-state index < -0.39 is 16.9 Å². The topological polar surface area (TPSA) is 43.4 Å². The summed E-state index contributed by atoms with van der Waals surface area (Å²) in [7, 11) is 0. The van der Waals surface area contributed by atoms with Crippen molar-refractivity contribution in [3.8, 4) is 0 Å². The number of rotatable bonds is 1. The Morgan fingerprint density at radius 1 is 1.05 bits per heavy atom. The Morgan fingerprint density at radius 3 is 2.23 bits per heavy atom. The first-order chi connectivity index (χ1) is 10.4. The van der Waals surface area contributed by atoms with Crippen molar-refractivity contribution in [1.82, 2.24) is 0 Å². The third-order valence-corrected chi connectivity index (χ3v) is 5.42. The number of Topliss-reactive ketones (excluding diaryl/α,β-unsaturated/α-hetero) is 1. The minimum atomic E-state index is -0.912. The standard InChI is InChI=1S/C18H21ClO3/c1-17(2)14(12-6-8-13(19)9-7-12)22-16(21)18(15(17)20)10-4-3-5-11-18/h6-9,14H,3-5,10-11H2,1-2H3. The third-order valence-electron chi connectivity index (χ3n) is 5.17. The number of hydrogen-bond acceptors (Lipinski definition) is 3. The van der Waals surface area contributed by atoms with Gasteiger partial charge in [0.05, 0.1) is 5.41 Å². The molecule has 0 amide bonds. The van der Waals surface area contributed by atoms with E-state index in [-0.39, 0.29) is 11.8 Å². The molecule has 1 unspecified atom stereocenters. The quantitative estimate of drug-likeness (QED) is 0.566. The summed E-state index contributed by atoms with van der Waals surface area (Å²) in [5.41, 5.74) is -0.814. The van der Waals surface area contributed by atoms with Gasteiger partial charge in [0.1, 0.15) is 11.5 Å². The van der Waals surface area contributed by atoms with Gasteiger partial charge in [0.2, 0.25) is 0 Å². The molecule has 1 aliphatic heterocycles. The lowest BCUT2D eigenvalue weighted by Gasteiger charge is -2.47. The van der Waals surface area contributed by atoms with Crippen molar-refractivity contribution in [3.05, 3.63) is 34.9 Å². The van der Waals surface area contributed by atoms with Gasteiger partial charge in [-0.1, -0.05) is 43.0 Å². The molecular weight excluding hydrogens is 300 g/mol. The minimum Gasteiger partial charge on any atom is -0.456 e. The highest BCUT2D eigenvalue weighted by atomic mass is 35.5. The van der Waals surface area contributed by atoms with Gasteiger partial charge in [0.25, 0.3) is 0 Å². The van der Waals surface area contributed by atoms with Crippen molar-refractivity contribution in [1.29, 1.82) is 0 Å². The zero-order valence-corrected chi connectivity index (χ0v) is 13.8. The summed E-state index contributed by atoms with van der Waals surface area (Å²) < 4.78 is 5.79. The van der Waals surface area contributed by atoms with Crippen molar-refractivity contribution in [2.24, 2.45) is 10.8 Å². The molecule has 1 aliphatic carbocycles. The van der Waals surface area contributed by atoms with E-state index in [4.69, 9.17) is 16.3 Å². The Bertz CT molecular complexity index is 597. The van der Waals surface area contributed by atoms with E-state index in [1.54, 1.807) is 12.1 Å². The zero-order valence-electron chi connectivity index (χ0n) is 13.0. The summed E-state index contributed by atoms with van der Waals surface area (Å²) in [5, 5.41) is 0.624. The van der Waals surface area contributed by atoms with Crippen LogP contribution in [0, 0.1) is 10.8 Å². The van der Waals surface area contributed by atoms with Crippen LogP contribution in [0.15, 0.2) is 24.3 Å². The first kappa shape index (κ1) is 15.5. The van der Waals surface area contributed by atoms with Gasteiger partial charge in [-0.3, -0.25) is 9.59 Å². The average Bonchev–Trinajstić information content (AvgIpc) is 2.52. The maximum atomic E-state index is 13.2. The molecule has 1 spiro atoms. The van der Waals surface area contributed by atoms with E-state index in [1.807, 2.05) is 26.0 Å². The largest absolute Gasteiger partial charge is 0.456 e. The number of cyclic esters (lactones) is 1. The normalized spacial score (nSPS) is 26.8. The second-order valence-electron chi connectivity index (χ2n) is 7.03. The molecule has 1 saturated carbocycles. The summed E-state index contributed by atoms with van der Waals surface area (Å²) >= 11 is 5.92. The van der Waals surface area contributed by atoms with Gasteiger partial charge in [-0.15, -0.1) is 0 Å². The van der Waals surface area contributed by atoms with E-state index >= 15 is 0 Å². The summed E-state index contributed by atoms with van der Waals surface area (Å²) in [5.74, 6) is -0.299. The number of ether oxygens (including phenoxy) is 1. The molecule has 1 saturated heterocycles. The van der Waals surface area contributed by atoms with Crippen LogP contribution in [0.2, 0.25) is 5.02 Å². The molecule has 3 rings (SSSR count). The monoisotopic (exact) mass is 320 g/mol. The van der Waals surface area contributed by atoms with Crippen molar-refractivity contribution >= 4 is 23.4 Å². The molecule has 22 heavy (non-hydrogen) atoms. The Balaban J connectivity index is 1.98. The lowest BCUT2D eigenvalue weighted by Crippen LogP contribution is -2.55. The van der Waals surface area contributed by atoms with E-state index in [2.05, 4.69) is 0 Å². The van der Waals surface area contributed by atoms with Crippen LogP contribution in [0.4, 0.5) is 0 Å². The van der Waals surface area contributed by atoms with Crippen LogP contribution in [0.1, 0.15) is 57.6 Å². The molecule has 2 aliphatic rings. The van der Waals surface area contributed by atoms with Crippen LogP contribution >= 0.6 is 11.6 Å². The number of ketones is 1. The third kappa shape index (κ3) is 2.26. The molecule has 0 aromatic heterocycles. The molecule has 1 aromatic rings. The number of carbonyl (C=O) groups is 2. The fraction of sp³-hybridized carbons (Fsp3) is 0.556. The molecule has 0 bridgehead atoms. The summed E-state index contributed by atoms with van der Waals surface area (Å²) in [4.78, 5) is 25.8. The highest BCUT2D eigenvalue weighted by Crippen LogP contribution is 2.53. The maximum absolute atomic E-state index is 13.2. The van der Waals surface area contributed by atoms with E-state index in [0.717, 1.165) is 24.8 Å². The Morgan fingerprint density at radius 2 is 1.64 bits per heavy atom. The van der Waals surface area contributed by atoms with E-state index in [0.29, 0.717) is 17.9 Å². The van der Waals surface area contributed by atoms with Crippen molar-refractivity contribution in [2.75, 3.05) is 0 Å². The number of esters is 1. The van der Waals surface area contributed by atoms with Crippen molar-refractivity contribution < 1.29 is 14.3 Å². The molecular formula is C18H21ClO3. The van der Waals surface area contributed by atoms with Gasteiger partial charge in [-0.25, -0.2) is 0 Å². The van der Waals surface area contributed by atoms with Crippen LogP contribution in [-0.4, -0.2) is 11.8 Å². The fourth-order valence-electron chi connectivity index (χ4n) is 3.90. The molecule has 1 heterocycles. The summed E-state index contributed by atoms with van der Waals surface area (Å²) in [6.45, 7) is 3.77. The van der Waals surface area contributed by atoms with Crippen LogP contribution < -0.4 is 0 Å². The van der Waals surface area contributed by atoms with Crippen LogP contribution in [0.25, 0.3) is 0 Å². The maximum Gasteiger partial charge on any atom is 0.320 e. The molecule has 3 nitrogen and oxygen atoms in total. The smallest absolute Gasteiger partial charge is 0.320 e. The Labute approximate surface area is 136 Å². The van der Waals surface area contributed by atoms with Gasteiger partial charge in [-0.2, -0.15) is 0 Å².